The van der Waals surface area contributed by atoms with E-state index in [9.17, 15) is 9.59 Å². The molecule has 0 radical (unpaired) electrons. The van der Waals surface area contributed by atoms with Gasteiger partial charge in [-0.15, -0.1) is 0 Å². The third-order valence-corrected chi connectivity index (χ3v) is 3.91. The van der Waals surface area contributed by atoms with Gasteiger partial charge in [-0.1, -0.05) is 11.6 Å². The first kappa shape index (κ1) is 18.6. The molecule has 0 saturated heterocycles. The lowest BCUT2D eigenvalue weighted by Gasteiger charge is -2.15. The van der Waals surface area contributed by atoms with Crippen LogP contribution in [0.5, 0.6) is 5.75 Å². The van der Waals surface area contributed by atoms with Crippen molar-refractivity contribution in [2.45, 2.75) is 6.92 Å². The Balaban J connectivity index is 1.89. The van der Waals surface area contributed by atoms with Gasteiger partial charge in [-0.25, -0.2) is 0 Å². The maximum absolute atomic E-state index is 12.0. The largest absolute Gasteiger partial charge is 0.495 e. The van der Waals surface area contributed by atoms with Gasteiger partial charge in [0.25, 0.3) is 0 Å². The molecule has 0 bridgehead atoms. The maximum Gasteiger partial charge on any atom is 0.243 e. The Kier molecular flexibility index (Phi) is 6.25. The summed E-state index contributed by atoms with van der Waals surface area (Å²) in [5.41, 5.74) is 2.16. The number of hydrogen-bond donors (Lipinski definition) is 2. The van der Waals surface area contributed by atoms with Gasteiger partial charge < -0.3 is 20.3 Å². The quantitative estimate of drug-likeness (QED) is 0.827. The molecule has 0 unspecified atom stereocenters. The summed E-state index contributed by atoms with van der Waals surface area (Å²) in [6, 6.07) is 12.3. The van der Waals surface area contributed by atoms with Gasteiger partial charge in [-0.05, 0) is 42.5 Å². The second-order valence-electron chi connectivity index (χ2n) is 5.38. The monoisotopic (exact) mass is 361 g/mol. The van der Waals surface area contributed by atoms with Crippen LogP contribution in [0.3, 0.4) is 0 Å². The highest BCUT2D eigenvalue weighted by Gasteiger charge is 2.07. The van der Waals surface area contributed by atoms with Crippen LogP contribution in [0.2, 0.25) is 5.02 Å². The first-order valence-corrected chi connectivity index (χ1v) is 8.00. The molecule has 2 amide bonds. The van der Waals surface area contributed by atoms with Crippen LogP contribution in [0.25, 0.3) is 0 Å². The smallest absolute Gasteiger partial charge is 0.243 e. The number of ether oxygens (including phenoxy) is 1. The molecule has 0 aliphatic carbocycles. The van der Waals surface area contributed by atoms with E-state index in [4.69, 9.17) is 16.3 Å². The molecule has 0 heterocycles. The number of amides is 2. The minimum Gasteiger partial charge on any atom is -0.495 e. The molecule has 7 heteroatoms. The van der Waals surface area contributed by atoms with E-state index >= 15 is 0 Å². The summed E-state index contributed by atoms with van der Waals surface area (Å²) in [7, 11) is 3.24. The number of nitrogens with zero attached hydrogens (tertiary/aromatic N) is 1. The van der Waals surface area contributed by atoms with E-state index < -0.39 is 0 Å². The van der Waals surface area contributed by atoms with Crippen LogP contribution in [0.4, 0.5) is 17.1 Å². The predicted octanol–water partition coefficient (Wildman–Crippen LogP) is 3.38. The molecule has 0 aliphatic heterocycles. The molecule has 0 fully saturated rings. The van der Waals surface area contributed by atoms with Crippen LogP contribution in [0.1, 0.15) is 6.92 Å². The van der Waals surface area contributed by atoms with E-state index in [0.717, 1.165) is 11.4 Å². The molecule has 0 aromatic heterocycles. The summed E-state index contributed by atoms with van der Waals surface area (Å²) in [5.74, 6) is 0.304. The summed E-state index contributed by atoms with van der Waals surface area (Å²) in [6.07, 6.45) is 0. The maximum atomic E-state index is 12.0. The molecule has 2 N–H and O–H groups in total. The molecule has 0 saturated carbocycles. The lowest BCUT2D eigenvalue weighted by atomic mass is 10.2. The van der Waals surface area contributed by atoms with Gasteiger partial charge in [0.15, 0.2) is 0 Å². The summed E-state index contributed by atoms with van der Waals surface area (Å²) in [6.45, 7) is 1.60. The molecule has 6 nitrogen and oxygen atoms in total. The van der Waals surface area contributed by atoms with Crippen molar-refractivity contribution in [3.8, 4) is 5.75 Å². The van der Waals surface area contributed by atoms with Crippen molar-refractivity contribution in [1.29, 1.82) is 0 Å². The fourth-order valence-corrected chi connectivity index (χ4v) is 2.37. The zero-order chi connectivity index (χ0) is 18.4. The average molecular weight is 362 g/mol. The lowest BCUT2D eigenvalue weighted by Crippen LogP contribution is -2.23. The molecule has 2 rings (SSSR count). The fourth-order valence-electron chi connectivity index (χ4n) is 2.12. The van der Waals surface area contributed by atoms with Crippen molar-refractivity contribution in [3.05, 3.63) is 47.5 Å². The summed E-state index contributed by atoms with van der Waals surface area (Å²) in [4.78, 5) is 24.9. The number of carbonyl (C=O) groups excluding carboxylic acids is 2. The summed E-state index contributed by atoms with van der Waals surface area (Å²) < 4.78 is 5.07. The predicted molar refractivity (Wildman–Crippen MR) is 101 cm³/mol. The number of rotatable bonds is 6. The van der Waals surface area contributed by atoms with Crippen molar-refractivity contribution >= 4 is 40.5 Å². The first-order chi connectivity index (χ1) is 11.9. The molecule has 2 aromatic rings. The number of halogens is 1. The zero-order valence-electron chi connectivity index (χ0n) is 14.3. The standard InChI is InChI=1S/C18H20ClN3O3/c1-12(23)22(2)15-7-4-13(5-8-15)20-11-18(24)21-14-6-9-17(25-3)16(19)10-14/h4-10,20H,11H2,1-3H3,(H,21,24). The van der Waals surface area contributed by atoms with Crippen molar-refractivity contribution in [2.24, 2.45) is 0 Å². The number of hydrogen-bond acceptors (Lipinski definition) is 4. The van der Waals surface area contributed by atoms with Gasteiger partial charge >= 0.3 is 0 Å². The minimum absolute atomic E-state index is 0.0433. The SMILES string of the molecule is COc1ccc(NC(=O)CNc2ccc(N(C)C(C)=O)cc2)cc1Cl. The van der Waals surface area contributed by atoms with E-state index in [1.165, 1.54) is 14.0 Å². The Morgan fingerprint density at radius 3 is 2.32 bits per heavy atom. The Morgan fingerprint density at radius 2 is 1.76 bits per heavy atom. The minimum atomic E-state index is -0.203. The van der Waals surface area contributed by atoms with Crippen LogP contribution in [-0.4, -0.2) is 32.5 Å². The molecule has 0 atom stereocenters. The molecule has 25 heavy (non-hydrogen) atoms. The van der Waals surface area contributed by atoms with Crippen molar-refractivity contribution in [1.82, 2.24) is 0 Å². The van der Waals surface area contributed by atoms with Gasteiger partial charge in [0.1, 0.15) is 5.75 Å². The zero-order valence-corrected chi connectivity index (χ0v) is 15.1. The van der Waals surface area contributed by atoms with E-state index in [0.29, 0.717) is 16.5 Å². The highest BCUT2D eigenvalue weighted by Crippen LogP contribution is 2.27. The van der Waals surface area contributed by atoms with Gasteiger partial charge in [-0.3, -0.25) is 9.59 Å². The Bertz CT molecular complexity index is 763. The van der Waals surface area contributed by atoms with Crippen LogP contribution in [0, 0.1) is 0 Å². The highest BCUT2D eigenvalue weighted by molar-refractivity contribution is 6.32. The number of benzene rings is 2. The first-order valence-electron chi connectivity index (χ1n) is 7.62. The second kappa shape index (κ2) is 8.39. The van der Waals surface area contributed by atoms with Crippen LogP contribution in [-0.2, 0) is 9.59 Å². The van der Waals surface area contributed by atoms with E-state index in [1.807, 2.05) is 24.3 Å². The normalized spacial score (nSPS) is 10.1. The number of anilines is 3. The van der Waals surface area contributed by atoms with Crippen molar-refractivity contribution in [2.75, 3.05) is 36.2 Å². The van der Waals surface area contributed by atoms with E-state index in [1.54, 1.807) is 30.1 Å². The molecule has 0 spiro atoms. The summed E-state index contributed by atoms with van der Waals surface area (Å²) in [5, 5.41) is 6.21. The molecule has 0 aliphatic rings. The van der Waals surface area contributed by atoms with E-state index in [2.05, 4.69) is 10.6 Å². The Hall–Kier alpha value is -2.73. The van der Waals surface area contributed by atoms with Gasteiger partial charge in [0.2, 0.25) is 11.8 Å². The van der Waals surface area contributed by atoms with Crippen LogP contribution >= 0.6 is 11.6 Å². The lowest BCUT2D eigenvalue weighted by molar-refractivity contribution is -0.116. The van der Waals surface area contributed by atoms with Gasteiger partial charge in [-0.2, -0.15) is 0 Å². The topological polar surface area (TPSA) is 70.7 Å². The van der Waals surface area contributed by atoms with Crippen molar-refractivity contribution < 1.29 is 14.3 Å². The Morgan fingerprint density at radius 1 is 1.12 bits per heavy atom. The summed E-state index contributed by atoms with van der Waals surface area (Å²) >= 11 is 6.03. The highest BCUT2D eigenvalue weighted by atomic mass is 35.5. The third-order valence-electron chi connectivity index (χ3n) is 3.62. The van der Waals surface area contributed by atoms with Crippen LogP contribution < -0.4 is 20.3 Å². The average Bonchev–Trinajstić information content (AvgIpc) is 2.60. The van der Waals surface area contributed by atoms with Gasteiger partial charge in [0, 0.05) is 31.0 Å². The number of methoxy groups -OCH3 is 1. The number of carbonyl (C=O) groups is 2. The molecule has 2 aromatic carbocycles. The molecular weight excluding hydrogens is 342 g/mol. The van der Waals surface area contributed by atoms with Crippen LogP contribution in [0.15, 0.2) is 42.5 Å². The molecular formula is C18H20ClN3O3. The molecule has 132 valence electrons. The van der Waals surface area contributed by atoms with Crippen molar-refractivity contribution in [3.63, 3.8) is 0 Å². The second-order valence-corrected chi connectivity index (χ2v) is 5.78. The third kappa shape index (κ3) is 5.12. The van der Waals surface area contributed by atoms with Gasteiger partial charge in [0.05, 0.1) is 18.7 Å². The number of nitrogens with one attached hydrogen (secondary N) is 2. The Labute approximate surface area is 151 Å². The fraction of sp³-hybridized carbons (Fsp3) is 0.222. The van der Waals surface area contributed by atoms with E-state index in [-0.39, 0.29) is 18.4 Å².